The van der Waals surface area contributed by atoms with E-state index in [1.807, 2.05) is 0 Å². The smallest absolute Gasteiger partial charge is 0.303 e. The van der Waals surface area contributed by atoms with Crippen molar-refractivity contribution in [1.82, 2.24) is 0 Å². The van der Waals surface area contributed by atoms with Crippen molar-refractivity contribution in [3.63, 3.8) is 0 Å². The quantitative estimate of drug-likeness (QED) is 0.209. The van der Waals surface area contributed by atoms with Crippen molar-refractivity contribution in [2.24, 2.45) is 0 Å². The number of carboxylic acid groups (broad SMARTS) is 1. The molecule has 5 heteroatoms. The lowest BCUT2D eigenvalue weighted by Gasteiger charge is -2.12. The maximum atomic E-state index is 10.3. The molecule has 0 aromatic rings. The predicted molar refractivity (Wildman–Crippen MR) is 90.7 cm³/mol. The Morgan fingerprint density at radius 2 is 1.26 bits per heavy atom. The summed E-state index contributed by atoms with van der Waals surface area (Å²) >= 11 is 0. The Hall–Kier alpha value is -1.17. The highest BCUT2D eigenvalue weighted by Crippen LogP contribution is 2.09. The fraction of sp³-hybridized carbons (Fsp3) is 0.722. The number of aliphatic carboxylic acids is 1. The van der Waals surface area contributed by atoms with Crippen molar-refractivity contribution in [2.75, 3.05) is 0 Å². The molecule has 0 aromatic heterocycles. The first-order chi connectivity index (χ1) is 10.9. The summed E-state index contributed by atoms with van der Waals surface area (Å²) in [5, 5.41) is 34.6. The van der Waals surface area contributed by atoms with Crippen LogP contribution in [0.4, 0.5) is 0 Å². The summed E-state index contributed by atoms with van der Waals surface area (Å²) in [6, 6.07) is 0. The highest BCUT2D eigenvalue weighted by atomic mass is 16.7. The molecule has 4 N–H and O–H groups in total. The minimum absolute atomic E-state index is 0.0168. The molecular formula is C18H32O5. The van der Waals surface area contributed by atoms with Gasteiger partial charge in [-0.2, -0.15) is 0 Å². The Morgan fingerprint density at radius 1 is 0.739 bits per heavy atom. The highest BCUT2D eigenvalue weighted by Gasteiger charge is 2.15. The number of carbonyl (C=O) groups is 1. The van der Waals surface area contributed by atoms with E-state index in [9.17, 15) is 4.79 Å². The third kappa shape index (κ3) is 20.8. The number of allylic oxidation sites excluding steroid dienone is 4. The van der Waals surface area contributed by atoms with E-state index < -0.39 is 11.9 Å². The summed E-state index contributed by atoms with van der Waals surface area (Å²) in [5.74, 6) is -3.23. The molecule has 0 aliphatic carbocycles. The first kappa shape index (κ1) is 21.8. The predicted octanol–water partition coefficient (Wildman–Crippen LogP) is 3.50. The lowest BCUT2D eigenvalue weighted by Crippen LogP contribution is -2.26. The van der Waals surface area contributed by atoms with Gasteiger partial charge in [-0.05, 0) is 44.9 Å². The van der Waals surface area contributed by atoms with Crippen LogP contribution in [0.3, 0.4) is 0 Å². The van der Waals surface area contributed by atoms with E-state index in [0.29, 0.717) is 6.42 Å². The van der Waals surface area contributed by atoms with Crippen LogP contribution in [0, 0.1) is 0 Å². The van der Waals surface area contributed by atoms with Gasteiger partial charge in [-0.1, -0.05) is 43.6 Å². The molecule has 0 unspecified atom stereocenters. The Bertz CT molecular complexity index is 342. The number of hydrogen-bond donors (Lipinski definition) is 4. The molecule has 0 heterocycles. The highest BCUT2D eigenvalue weighted by molar-refractivity contribution is 5.66. The van der Waals surface area contributed by atoms with Crippen LogP contribution < -0.4 is 0 Å². The molecule has 0 bridgehead atoms. The van der Waals surface area contributed by atoms with Gasteiger partial charge in [-0.3, -0.25) is 4.79 Å². The van der Waals surface area contributed by atoms with Crippen LogP contribution in [0.25, 0.3) is 0 Å². The molecule has 0 saturated heterocycles. The molecular weight excluding hydrogens is 296 g/mol. The SMILES string of the molecule is O=C(O)CCCCCCC/C=C\C/C=C\CCCCC(O)(O)O. The molecule has 0 fully saturated rings. The molecule has 0 radical (unpaired) electrons. The van der Waals surface area contributed by atoms with Crippen LogP contribution in [0.15, 0.2) is 24.3 Å². The number of rotatable bonds is 15. The Labute approximate surface area is 139 Å². The average Bonchev–Trinajstić information content (AvgIpc) is 2.45. The van der Waals surface area contributed by atoms with E-state index in [1.165, 1.54) is 0 Å². The normalized spacial score (nSPS) is 12.5. The second-order valence-corrected chi connectivity index (χ2v) is 5.90. The monoisotopic (exact) mass is 328 g/mol. The summed E-state index contributed by atoms with van der Waals surface area (Å²) in [6.45, 7) is 0. The van der Waals surface area contributed by atoms with Crippen molar-refractivity contribution >= 4 is 5.97 Å². The second kappa shape index (κ2) is 14.4. The van der Waals surface area contributed by atoms with Gasteiger partial charge in [-0.15, -0.1) is 0 Å². The minimum atomic E-state index is -2.53. The maximum Gasteiger partial charge on any atom is 0.303 e. The lowest BCUT2D eigenvalue weighted by molar-refractivity contribution is -0.314. The lowest BCUT2D eigenvalue weighted by atomic mass is 10.1. The van der Waals surface area contributed by atoms with Gasteiger partial charge in [0.15, 0.2) is 0 Å². The third-order valence-electron chi connectivity index (χ3n) is 3.50. The third-order valence-corrected chi connectivity index (χ3v) is 3.50. The van der Waals surface area contributed by atoms with E-state index in [0.717, 1.165) is 57.8 Å². The van der Waals surface area contributed by atoms with Gasteiger partial charge in [0.1, 0.15) is 0 Å². The van der Waals surface area contributed by atoms with Crippen molar-refractivity contribution in [3.8, 4) is 0 Å². The van der Waals surface area contributed by atoms with E-state index >= 15 is 0 Å². The molecule has 5 nitrogen and oxygen atoms in total. The number of unbranched alkanes of at least 4 members (excludes halogenated alkanes) is 7. The summed E-state index contributed by atoms with van der Waals surface area (Å²) in [4.78, 5) is 10.3. The average molecular weight is 328 g/mol. The molecule has 23 heavy (non-hydrogen) atoms. The van der Waals surface area contributed by atoms with Gasteiger partial charge < -0.3 is 20.4 Å². The van der Waals surface area contributed by atoms with Gasteiger partial charge >= 0.3 is 5.97 Å². The van der Waals surface area contributed by atoms with Crippen molar-refractivity contribution in [1.29, 1.82) is 0 Å². The molecule has 0 aromatic carbocycles. The van der Waals surface area contributed by atoms with Gasteiger partial charge in [0.25, 0.3) is 5.97 Å². The van der Waals surface area contributed by atoms with Gasteiger partial charge in [0.05, 0.1) is 0 Å². The molecule has 134 valence electrons. The van der Waals surface area contributed by atoms with Crippen molar-refractivity contribution < 1.29 is 25.2 Å². The van der Waals surface area contributed by atoms with Crippen molar-refractivity contribution in [2.45, 2.75) is 83.0 Å². The zero-order chi connectivity index (χ0) is 17.4. The van der Waals surface area contributed by atoms with E-state index in [4.69, 9.17) is 20.4 Å². The first-order valence-corrected chi connectivity index (χ1v) is 8.61. The molecule has 0 spiro atoms. The summed E-state index contributed by atoms with van der Waals surface area (Å²) in [7, 11) is 0. The number of carboxylic acids is 1. The largest absolute Gasteiger partial charge is 0.481 e. The summed E-state index contributed by atoms with van der Waals surface area (Å²) < 4.78 is 0. The summed E-state index contributed by atoms with van der Waals surface area (Å²) in [5.41, 5.74) is 0. The Morgan fingerprint density at radius 3 is 1.83 bits per heavy atom. The molecule has 0 aliphatic heterocycles. The first-order valence-electron chi connectivity index (χ1n) is 8.61. The Balaban J connectivity index is 3.28. The van der Waals surface area contributed by atoms with Gasteiger partial charge in [-0.25, -0.2) is 0 Å². The van der Waals surface area contributed by atoms with Crippen LogP contribution in [-0.2, 0) is 4.79 Å². The number of aliphatic hydroxyl groups is 3. The van der Waals surface area contributed by atoms with Gasteiger partial charge in [0.2, 0.25) is 0 Å². The zero-order valence-electron chi connectivity index (χ0n) is 14.0. The maximum absolute atomic E-state index is 10.3. The molecule has 0 aliphatic rings. The second-order valence-electron chi connectivity index (χ2n) is 5.90. The van der Waals surface area contributed by atoms with Crippen LogP contribution >= 0.6 is 0 Å². The molecule has 0 amide bonds. The van der Waals surface area contributed by atoms with E-state index in [-0.39, 0.29) is 12.8 Å². The van der Waals surface area contributed by atoms with E-state index in [2.05, 4.69) is 24.3 Å². The fourth-order valence-electron chi connectivity index (χ4n) is 2.20. The van der Waals surface area contributed by atoms with Crippen LogP contribution in [0.2, 0.25) is 0 Å². The molecule has 0 saturated carbocycles. The van der Waals surface area contributed by atoms with Crippen molar-refractivity contribution in [3.05, 3.63) is 24.3 Å². The number of hydrogen-bond acceptors (Lipinski definition) is 4. The van der Waals surface area contributed by atoms with E-state index in [1.54, 1.807) is 0 Å². The zero-order valence-corrected chi connectivity index (χ0v) is 14.0. The minimum Gasteiger partial charge on any atom is -0.481 e. The fourth-order valence-corrected chi connectivity index (χ4v) is 2.20. The van der Waals surface area contributed by atoms with Gasteiger partial charge in [0, 0.05) is 12.8 Å². The molecule has 0 atom stereocenters. The van der Waals surface area contributed by atoms with Crippen LogP contribution in [0.1, 0.15) is 77.0 Å². The standard InChI is InChI=1S/C18H32O5/c19-17(20)15-13-11-9-7-5-3-1-2-4-6-8-10-12-14-16-18(21,22)23/h1-2,6,8,21-23H,3-5,7,9-16H2,(H,19,20)/b2-1-,8-6-. The van der Waals surface area contributed by atoms with Crippen LogP contribution in [-0.4, -0.2) is 32.4 Å². The molecule has 0 rings (SSSR count). The summed E-state index contributed by atoms with van der Waals surface area (Å²) in [6.07, 6.45) is 18.2. The van der Waals surface area contributed by atoms with Crippen LogP contribution in [0.5, 0.6) is 0 Å². The Kier molecular flexibility index (Phi) is 13.7. The topological polar surface area (TPSA) is 98.0 Å².